The standard InChI is InChI=1S/C22H25N3O2S/c1-4-22(5-2,16-10-9-15-11-12-23-20(15)13-16)18-14-24-21-17(18)7-6-8-19(21)25-28(3,26)27/h6-14,23-25H,4-5H2,1-3H3. The molecule has 0 aliphatic rings. The van der Waals surface area contributed by atoms with Crippen molar-refractivity contribution < 1.29 is 8.42 Å². The summed E-state index contributed by atoms with van der Waals surface area (Å²) in [6.07, 6.45) is 7.04. The van der Waals surface area contributed by atoms with E-state index in [0.29, 0.717) is 5.69 Å². The Bertz CT molecular complexity index is 1250. The molecule has 2 aromatic heterocycles. The molecule has 0 saturated heterocycles. The summed E-state index contributed by atoms with van der Waals surface area (Å²) in [6, 6.07) is 14.4. The molecule has 146 valence electrons. The van der Waals surface area contributed by atoms with Crippen LogP contribution in [0.3, 0.4) is 0 Å². The normalized spacial score (nSPS) is 12.7. The number of sulfonamides is 1. The van der Waals surface area contributed by atoms with E-state index < -0.39 is 10.0 Å². The highest BCUT2D eigenvalue weighted by Gasteiger charge is 2.33. The van der Waals surface area contributed by atoms with Crippen molar-refractivity contribution >= 4 is 37.5 Å². The Kier molecular flexibility index (Phi) is 4.46. The van der Waals surface area contributed by atoms with Gasteiger partial charge in [-0.15, -0.1) is 0 Å². The molecule has 0 aliphatic heterocycles. The molecule has 0 radical (unpaired) electrons. The lowest BCUT2D eigenvalue weighted by Crippen LogP contribution is -2.25. The summed E-state index contributed by atoms with van der Waals surface area (Å²) in [7, 11) is -3.35. The van der Waals surface area contributed by atoms with Gasteiger partial charge in [0.1, 0.15) is 0 Å². The minimum absolute atomic E-state index is 0.165. The highest BCUT2D eigenvalue weighted by molar-refractivity contribution is 7.92. The van der Waals surface area contributed by atoms with Gasteiger partial charge in [-0.3, -0.25) is 4.72 Å². The van der Waals surface area contributed by atoms with Gasteiger partial charge in [-0.05, 0) is 47.6 Å². The highest BCUT2D eigenvalue weighted by Crippen LogP contribution is 2.43. The molecule has 6 heteroatoms. The zero-order valence-corrected chi connectivity index (χ0v) is 17.2. The molecule has 4 rings (SSSR count). The minimum Gasteiger partial charge on any atom is -0.361 e. The molecule has 2 heterocycles. The number of fused-ring (bicyclic) bond motifs is 2. The number of nitrogens with one attached hydrogen (secondary N) is 3. The van der Waals surface area contributed by atoms with Gasteiger partial charge < -0.3 is 9.97 Å². The molecule has 5 nitrogen and oxygen atoms in total. The van der Waals surface area contributed by atoms with E-state index in [0.717, 1.165) is 29.3 Å². The van der Waals surface area contributed by atoms with Gasteiger partial charge in [-0.2, -0.15) is 0 Å². The molecule has 28 heavy (non-hydrogen) atoms. The van der Waals surface area contributed by atoms with E-state index >= 15 is 0 Å². The number of benzene rings is 2. The minimum atomic E-state index is -3.35. The van der Waals surface area contributed by atoms with E-state index in [1.165, 1.54) is 22.8 Å². The fourth-order valence-electron chi connectivity index (χ4n) is 4.38. The molecule has 2 aromatic carbocycles. The zero-order chi connectivity index (χ0) is 19.9. The van der Waals surface area contributed by atoms with E-state index in [4.69, 9.17) is 0 Å². The Balaban J connectivity index is 1.93. The predicted octanol–water partition coefficient (Wildman–Crippen LogP) is 5.13. The van der Waals surface area contributed by atoms with E-state index in [1.807, 2.05) is 18.5 Å². The molecular weight excluding hydrogens is 370 g/mol. The largest absolute Gasteiger partial charge is 0.361 e. The molecule has 0 saturated carbocycles. The molecule has 0 atom stereocenters. The molecule has 4 aromatic rings. The summed E-state index contributed by atoms with van der Waals surface area (Å²) in [5.74, 6) is 0. The lowest BCUT2D eigenvalue weighted by atomic mass is 9.70. The van der Waals surface area contributed by atoms with Crippen molar-refractivity contribution in [1.82, 2.24) is 9.97 Å². The number of para-hydroxylation sites is 1. The molecule has 0 aliphatic carbocycles. The van der Waals surface area contributed by atoms with Crippen LogP contribution in [0, 0.1) is 0 Å². The van der Waals surface area contributed by atoms with Crippen LogP contribution in [0.4, 0.5) is 5.69 Å². The summed E-state index contributed by atoms with van der Waals surface area (Å²) in [4.78, 5) is 6.63. The molecular formula is C22H25N3O2S. The van der Waals surface area contributed by atoms with Gasteiger partial charge in [0.25, 0.3) is 0 Å². The predicted molar refractivity (Wildman–Crippen MR) is 116 cm³/mol. The average molecular weight is 396 g/mol. The Morgan fingerprint density at radius 1 is 1.04 bits per heavy atom. The molecule has 0 amide bonds. The Morgan fingerprint density at radius 2 is 1.82 bits per heavy atom. The second kappa shape index (κ2) is 6.71. The van der Waals surface area contributed by atoms with E-state index in [-0.39, 0.29) is 5.41 Å². The number of anilines is 1. The summed E-state index contributed by atoms with van der Waals surface area (Å²) < 4.78 is 26.1. The van der Waals surface area contributed by atoms with Crippen molar-refractivity contribution in [2.24, 2.45) is 0 Å². The number of hydrogen-bond acceptors (Lipinski definition) is 2. The van der Waals surface area contributed by atoms with Gasteiger partial charge >= 0.3 is 0 Å². The van der Waals surface area contributed by atoms with Crippen LogP contribution < -0.4 is 4.72 Å². The first kappa shape index (κ1) is 18.6. The summed E-state index contributed by atoms with van der Waals surface area (Å²) in [5, 5.41) is 2.24. The molecule has 0 unspecified atom stereocenters. The first-order valence-corrected chi connectivity index (χ1v) is 11.4. The molecule has 0 fully saturated rings. The van der Waals surface area contributed by atoms with Gasteiger partial charge in [-0.25, -0.2) is 8.42 Å². The third-order valence-corrected chi connectivity index (χ3v) is 6.43. The fraction of sp³-hybridized carbons (Fsp3) is 0.273. The zero-order valence-electron chi connectivity index (χ0n) is 16.3. The van der Waals surface area contributed by atoms with Crippen LogP contribution in [-0.4, -0.2) is 24.6 Å². The number of rotatable bonds is 6. The Hall–Kier alpha value is -2.73. The van der Waals surface area contributed by atoms with Crippen LogP contribution in [0.5, 0.6) is 0 Å². The Morgan fingerprint density at radius 3 is 2.54 bits per heavy atom. The maximum atomic E-state index is 11.8. The lowest BCUT2D eigenvalue weighted by Gasteiger charge is -2.32. The highest BCUT2D eigenvalue weighted by atomic mass is 32.2. The monoisotopic (exact) mass is 395 g/mol. The lowest BCUT2D eigenvalue weighted by molar-refractivity contribution is 0.482. The van der Waals surface area contributed by atoms with Crippen molar-refractivity contribution in [3.63, 3.8) is 0 Å². The van der Waals surface area contributed by atoms with Crippen LogP contribution in [0.2, 0.25) is 0 Å². The van der Waals surface area contributed by atoms with Crippen LogP contribution in [0.15, 0.2) is 54.9 Å². The van der Waals surface area contributed by atoms with Gasteiger partial charge in [0.05, 0.1) is 17.5 Å². The SMILES string of the molecule is CCC(CC)(c1ccc2cc[nH]c2c1)c1c[nH]c2c(NS(C)(=O)=O)cccc12. The first-order chi connectivity index (χ1) is 13.4. The van der Waals surface area contributed by atoms with Gasteiger partial charge in [0.15, 0.2) is 0 Å². The summed E-state index contributed by atoms with van der Waals surface area (Å²) in [6.45, 7) is 4.42. The number of aromatic amines is 2. The third kappa shape index (κ3) is 2.98. The van der Waals surface area contributed by atoms with E-state index in [2.05, 4.69) is 58.9 Å². The number of aromatic nitrogens is 2. The third-order valence-electron chi connectivity index (χ3n) is 5.84. The van der Waals surface area contributed by atoms with Crippen LogP contribution in [0.1, 0.15) is 37.8 Å². The second-order valence-corrected chi connectivity index (χ2v) is 9.12. The van der Waals surface area contributed by atoms with Crippen molar-refractivity contribution in [2.45, 2.75) is 32.1 Å². The van der Waals surface area contributed by atoms with Crippen molar-refractivity contribution in [3.05, 3.63) is 66.0 Å². The Labute approximate surface area is 165 Å². The number of hydrogen-bond donors (Lipinski definition) is 3. The summed E-state index contributed by atoms with van der Waals surface area (Å²) in [5.41, 5.74) is 4.80. The molecule has 3 N–H and O–H groups in total. The van der Waals surface area contributed by atoms with Crippen LogP contribution in [-0.2, 0) is 15.4 Å². The fourth-order valence-corrected chi connectivity index (χ4v) is 4.94. The quantitative estimate of drug-likeness (QED) is 0.423. The average Bonchev–Trinajstić information content (AvgIpc) is 3.30. The number of H-pyrrole nitrogens is 2. The maximum Gasteiger partial charge on any atom is 0.229 e. The maximum absolute atomic E-state index is 11.8. The smallest absolute Gasteiger partial charge is 0.229 e. The van der Waals surface area contributed by atoms with E-state index in [9.17, 15) is 8.42 Å². The van der Waals surface area contributed by atoms with Crippen LogP contribution >= 0.6 is 0 Å². The van der Waals surface area contributed by atoms with Crippen LogP contribution in [0.25, 0.3) is 21.8 Å². The second-order valence-electron chi connectivity index (χ2n) is 7.37. The van der Waals surface area contributed by atoms with Crippen molar-refractivity contribution in [2.75, 3.05) is 11.0 Å². The molecule has 0 bridgehead atoms. The molecule has 0 spiro atoms. The van der Waals surface area contributed by atoms with Crippen molar-refractivity contribution in [3.8, 4) is 0 Å². The first-order valence-electron chi connectivity index (χ1n) is 9.54. The van der Waals surface area contributed by atoms with Gasteiger partial charge in [0.2, 0.25) is 10.0 Å². The van der Waals surface area contributed by atoms with Gasteiger partial charge in [0, 0.05) is 28.7 Å². The van der Waals surface area contributed by atoms with Gasteiger partial charge in [-0.1, -0.05) is 38.1 Å². The van der Waals surface area contributed by atoms with E-state index in [1.54, 1.807) is 6.07 Å². The van der Waals surface area contributed by atoms with Crippen molar-refractivity contribution in [1.29, 1.82) is 0 Å². The topological polar surface area (TPSA) is 77.8 Å². The summed E-state index contributed by atoms with van der Waals surface area (Å²) >= 11 is 0.